The minimum Gasteiger partial charge on any atom is -0.478 e. The highest BCUT2D eigenvalue weighted by Crippen LogP contribution is 2.20. The summed E-state index contributed by atoms with van der Waals surface area (Å²) in [5, 5.41) is 21.1. The van der Waals surface area contributed by atoms with Crippen molar-refractivity contribution in [1.82, 2.24) is 4.57 Å². The maximum absolute atomic E-state index is 12.6. The van der Waals surface area contributed by atoms with E-state index in [-0.39, 0.29) is 11.1 Å². The van der Waals surface area contributed by atoms with Crippen LogP contribution in [-0.2, 0) is 4.79 Å². The number of nitriles is 1. The highest BCUT2D eigenvalue weighted by atomic mass is 16.4. The number of carboxylic acids is 1. The number of anilines is 2. The molecule has 1 heterocycles. The van der Waals surface area contributed by atoms with E-state index in [4.69, 9.17) is 5.11 Å². The van der Waals surface area contributed by atoms with Crippen LogP contribution in [0, 0.1) is 11.3 Å². The highest BCUT2D eigenvalue weighted by molar-refractivity contribution is 6.09. The maximum atomic E-state index is 12.6. The Bertz CT molecular complexity index is 1150. The molecule has 0 aliphatic carbocycles. The molecule has 0 saturated carbocycles. The third kappa shape index (κ3) is 4.56. The summed E-state index contributed by atoms with van der Waals surface area (Å²) in [5.41, 5.74) is 2.87. The van der Waals surface area contributed by atoms with Crippen LogP contribution in [0.15, 0.2) is 72.4 Å². The number of carboxylic acid groups (broad SMARTS) is 1. The van der Waals surface area contributed by atoms with Crippen molar-refractivity contribution in [3.63, 3.8) is 0 Å². The van der Waals surface area contributed by atoms with Gasteiger partial charge >= 0.3 is 5.97 Å². The number of hydrogen-bond acceptors (Lipinski definition) is 4. The van der Waals surface area contributed by atoms with Gasteiger partial charge < -0.3 is 19.9 Å². The molecule has 0 bridgehead atoms. The second-order valence-corrected chi connectivity index (χ2v) is 6.72. The molecule has 0 unspecified atom stereocenters. The molecular weight excluding hydrogens is 380 g/mol. The summed E-state index contributed by atoms with van der Waals surface area (Å²) < 4.78 is 1.87. The molecule has 0 fully saturated rings. The molecule has 1 amide bonds. The van der Waals surface area contributed by atoms with E-state index in [1.54, 1.807) is 12.1 Å². The summed E-state index contributed by atoms with van der Waals surface area (Å²) in [6, 6.07) is 19.3. The topological polar surface area (TPSA) is 98.4 Å². The van der Waals surface area contributed by atoms with Crippen LogP contribution in [-0.4, -0.2) is 35.6 Å². The van der Waals surface area contributed by atoms with Crippen molar-refractivity contribution in [2.45, 2.75) is 0 Å². The van der Waals surface area contributed by atoms with Crippen molar-refractivity contribution in [2.24, 2.45) is 0 Å². The molecule has 7 nitrogen and oxygen atoms in total. The number of amides is 1. The van der Waals surface area contributed by atoms with Gasteiger partial charge in [0.25, 0.3) is 5.91 Å². The molecule has 2 N–H and O–H groups in total. The van der Waals surface area contributed by atoms with Crippen LogP contribution >= 0.6 is 0 Å². The summed E-state index contributed by atoms with van der Waals surface area (Å²) in [4.78, 5) is 25.6. The number of hydrogen-bond donors (Lipinski definition) is 2. The zero-order valence-corrected chi connectivity index (χ0v) is 16.5. The summed E-state index contributed by atoms with van der Waals surface area (Å²) in [6.07, 6.45) is 3.34. The summed E-state index contributed by atoms with van der Waals surface area (Å²) >= 11 is 0. The monoisotopic (exact) mass is 400 g/mol. The first-order chi connectivity index (χ1) is 14.4. The largest absolute Gasteiger partial charge is 0.478 e. The van der Waals surface area contributed by atoms with E-state index in [9.17, 15) is 14.9 Å². The van der Waals surface area contributed by atoms with Gasteiger partial charge in [-0.2, -0.15) is 5.26 Å². The van der Waals surface area contributed by atoms with E-state index < -0.39 is 11.9 Å². The van der Waals surface area contributed by atoms with E-state index in [1.165, 1.54) is 24.3 Å². The number of nitrogens with one attached hydrogen (secondary N) is 1. The first kappa shape index (κ1) is 20.4. The molecular formula is C23H20N4O3. The van der Waals surface area contributed by atoms with Crippen LogP contribution in [0.4, 0.5) is 11.4 Å². The molecule has 0 radical (unpaired) electrons. The van der Waals surface area contributed by atoms with Crippen molar-refractivity contribution < 1.29 is 14.7 Å². The lowest BCUT2D eigenvalue weighted by atomic mass is 10.1. The first-order valence-electron chi connectivity index (χ1n) is 9.10. The Labute approximate surface area is 174 Å². The number of carbonyl (C=O) groups is 2. The van der Waals surface area contributed by atoms with E-state index in [0.29, 0.717) is 11.4 Å². The lowest BCUT2D eigenvalue weighted by Crippen LogP contribution is -2.14. The Morgan fingerprint density at radius 1 is 1.10 bits per heavy atom. The number of benzene rings is 2. The van der Waals surface area contributed by atoms with E-state index in [0.717, 1.165) is 11.4 Å². The van der Waals surface area contributed by atoms with Gasteiger partial charge in [-0.15, -0.1) is 0 Å². The van der Waals surface area contributed by atoms with E-state index in [1.807, 2.05) is 66.2 Å². The molecule has 0 aliphatic heterocycles. The van der Waals surface area contributed by atoms with Crippen LogP contribution < -0.4 is 10.2 Å². The van der Waals surface area contributed by atoms with Crippen LogP contribution in [0.5, 0.6) is 0 Å². The fraction of sp³-hybridized carbons (Fsp3) is 0.0870. The standard InChI is InChI=1S/C23H20N4O3/c1-26(2)19-8-10-20(11-9-19)27-12-4-7-21(27)14-17(15-24)22(28)25-18-6-3-5-16(13-18)23(29)30/h3-14H,1-2H3,(H,25,28)(H,29,30)/b17-14-. The van der Waals surface area contributed by atoms with Crippen molar-refractivity contribution >= 4 is 29.3 Å². The van der Waals surface area contributed by atoms with Crippen molar-refractivity contribution in [2.75, 3.05) is 24.3 Å². The summed E-state index contributed by atoms with van der Waals surface area (Å²) in [5.74, 6) is -1.71. The van der Waals surface area contributed by atoms with Crippen LogP contribution in [0.3, 0.4) is 0 Å². The minimum atomic E-state index is -1.10. The molecule has 30 heavy (non-hydrogen) atoms. The molecule has 0 aliphatic rings. The van der Waals surface area contributed by atoms with Gasteiger partial charge in [0.2, 0.25) is 0 Å². The van der Waals surface area contributed by atoms with Gasteiger partial charge in [0.1, 0.15) is 11.6 Å². The fourth-order valence-electron chi connectivity index (χ4n) is 2.88. The quantitative estimate of drug-likeness (QED) is 0.485. The number of aromatic nitrogens is 1. The second kappa shape index (κ2) is 8.80. The molecule has 1 aromatic heterocycles. The predicted octanol–water partition coefficient (Wildman–Crippen LogP) is 3.79. The van der Waals surface area contributed by atoms with Crippen molar-refractivity contribution in [3.8, 4) is 11.8 Å². The third-order valence-electron chi connectivity index (χ3n) is 4.45. The van der Waals surface area contributed by atoms with Gasteiger partial charge in [-0.1, -0.05) is 6.07 Å². The minimum absolute atomic E-state index is 0.0466. The highest BCUT2D eigenvalue weighted by Gasteiger charge is 2.12. The smallest absolute Gasteiger partial charge is 0.335 e. The Kier molecular flexibility index (Phi) is 5.99. The fourth-order valence-corrected chi connectivity index (χ4v) is 2.88. The predicted molar refractivity (Wildman–Crippen MR) is 116 cm³/mol. The van der Waals surface area contributed by atoms with Gasteiger partial charge in [0, 0.05) is 43.0 Å². The average Bonchev–Trinajstić information content (AvgIpc) is 3.20. The Hall–Kier alpha value is -4.31. The summed E-state index contributed by atoms with van der Waals surface area (Å²) in [6.45, 7) is 0. The molecule has 0 spiro atoms. The Morgan fingerprint density at radius 3 is 2.47 bits per heavy atom. The second-order valence-electron chi connectivity index (χ2n) is 6.72. The maximum Gasteiger partial charge on any atom is 0.335 e. The zero-order chi connectivity index (χ0) is 21.7. The molecule has 0 atom stereocenters. The average molecular weight is 400 g/mol. The van der Waals surface area contributed by atoms with Gasteiger partial charge in [0.05, 0.1) is 5.56 Å². The normalized spacial score (nSPS) is 10.9. The number of nitrogens with zero attached hydrogens (tertiary/aromatic N) is 3. The molecule has 150 valence electrons. The zero-order valence-electron chi connectivity index (χ0n) is 16.5. The van der Waals surface area contributed by atoms with Crippen molar-refractivity contribution in [1.29, 1.82) is 5.26 Å². The molecule has 2 aromatic carbocycles. The third-order valence-corrected chi connectivity index (χ3v) is 4.45. The number of carbonyl (C=O) groups excluding carboxylic acids is 1. The number of rotatable bonds is 6. The molecule has 3 rings (SSSR count). The lowest BCUT2D eigenvalue weighted by molar-refractivity contribution is -0.112. The molecule has 7 heteroatoms. The van der Waals surface area contributed by atoms with Gasteiger partial charge in [0.15, 0.2) is 0 Å². The van der Waals surface area contributed by atoms with Crippen molar-refractivity contribution in [3.05, 3.63) is 83.7 Å². The van der Waals surface area contributed by atoms with E-state index >= 15 is 0 Å². The number of aromatic carboxylic acids is 1. The lowest BCUT2D eigenvalue weighted by Gasteiger charge is -2.14. The van der Waals surface area contributed by atoms with Gasteiger partial charge in [-0.05, 0) is 60.7 Å². The SMILES string of the molecule is CN(C)c1ccc(-n2cccc2/C=C(/C#N)C(=O)Nc2cccc(C(=O)O)c2)cc1. The van der Waals surface area contributed by atoms with Gasteiger partial charge in [-0.25, -0.2) is 4.79 Å². The van der Waals surface area contributed by atoms with Crippen LogP contribution in [0.2, 0.25) is 0 Å². The Morgan fingerprint density at radius 2 is 1.83 bits per heavy atom. The van der Waals surface area contributed by atoms with Crippen LogP contribution in [0.1, 0.15) is 16.1 Å². The first-order valence-corrected chi connectivity index (χ1v) is 9.10. The molecule has 0 saturated heterocycles. The summed E-state index contributed by atoms with van der Waals surface area (Å²) in [7, 11) is 3.92. The van der Waals surface area contributed by atoms with Gasteiger partial charge in [-0.3, -0.25) is 4.79 Å². The Balaban J connectivity index is 1.86. The molecule has 3 aromatic rings. The van der Waals surface area contributed by atoms with Crippen LogP contribution in [0.25, 0.3) is 11.8 Å². The van der Waals surface area contributed by atoms with E-state index in [2.05, 4.69) is 5.32 Å².